The van der Waals surface area contributed by atoms with Crippen molar-refractivity contribution >= 4 is 208 Å². The lowest BCUT2D eigenvalue weighted by Gasteiger charge is -2.13. The van der Waals surface area contributed by atoms with Gasteiger partial charge in [-0.15, -0.1) is 136 Å². The van der Waals surface area contributed by atoms with E-state index in [9.17, 15) is 9.59 Å². The molecule has 0 amide bonds. The molecule has 117 heavy (non-hydrogen) atoms. The van der Waals surface area contributed by atoms with E-state index in [1.807, 2.05) is 109 Å². The molecule has 0 bridgehead atoms. The van der Waals surface area contributed by atoms with Gasteiger partial charge in [-0.2, -0.15) is 0 Å². The van der Waals surface area contributed by atoms with Crippen molar-refractivity contribution in [1.82, 2.24) is 0 Å². The molecule has 0 aliphatic rings. The van der Waals surface area contributed by atoms with E-state index in [2.05, 4.69) is 155 Å². The van der Waals surface area contributed by atoms with E-state index in [4.69, 9.17) is 9.47 Å². The Morgan fingerprint density at radius 1 is 0.325 bits per heavy atom. The fourth-order valence-electron chi connectivity index (χ4n) is 17.4. The highest BCUT2D eigenvalue weighted by Crippen LogP contribution is 2.61. The van der Waals surface area contributed by atoms with Crippen LogP contribution in [0.3, 0.4) is 0 Å². The predicted octanol–water partition coefficient (Wildman–Crippen LogP) is 37.8. The third kappa shape index (κ3) is 20.1. The van der Waals surface area contributed by atoms with Gasteiger partial charge < -0.3 is 9.47 Å². The van der Waals surface area contributed by atoms with Gasteiger partial charge in [0, 0.05) is 137 Å². The molecule has 2 aromatic carbocycles. The van der Waals surface area contributed by atoms with Gasteiger partial charge in [-0.05, 0) is 155 Å². The number of aryl methyl sites for hydroxylation is 2. The number of unbranched alkanes of at least 4 members (excludes halogenated alkanes) is 14. The quantitative estimate of drug-likeness (QED) is 0.0282. The van der Waals surface area contributed by atoms with Gasteiger partial charge in [0.25, 0.3) is 0 Å². The molecule has 14 aromatic rings. The highest BCUT2D eigenvalue weighted by molar-refractivity contribution is 7.36. The van der Waals surface area contributed by atoms with Crippen molar-refractivity contribution in [3.05, 3.63) is 124 Å². The third-order valence-electron chi connectivity index (χ3n) is 24.4. The molecule has 0 aliphatic carbocycles. The molecule has 17 heteroatoms. The summed E-state index contributed by atoms with van der Waals surface area (Å²) in [7, 11) is 0. The number of carbonyl (C=O) groups is 2. The zero-order valence-electron chi connectivity index (χ0n) is 71.3. The second kappa shape index (κ2) is 42.1. The number of hydrogen-bond acceptors (Lipinski definition) is 16. The number of rotatable bonds is 47. The Morgan fingerprint density at radius 2 is 0.684 bits per heavy atom. The lowest BCUT2D eigenvalue weighted by atomic mass is 9.95. The predicted molar refractivity (Wildman–Crippen MR) is 529 cm³/mol. The summed E-state index contributed by atoms with van der Waals surface area (Å²) in [6.45, 7) is 28.3. The van der Waals surface area contributed by atoms with Gasteiger partial charge in [0.1, 0.15) is 9.75 Å². The van der Waals surface area contributed by atoms with Gasteiger partial charge in [0.05, 0.1) is 37.2 Å². The first-order valence-corrected chi connectivity index (χ1v) is 54.4. The van der Waals surface area contributed by atoms with E-state index in [1.165, 1.54) is 266 Å². The van der Waals surface area contributed by atoms with Crippen LogP contribution in [0.2, 0.25) is 0 Å². The molecule has 0 fully saturated rings. The number of ether oxygens (including phenoxy) is 2. The Kier molecular flexibility index (Phi) is 31.9. The number of thiophene rings is 12. The van der Waals surface area contributed by atoms with Crippen LogP contribution >= 0.6 is 136 Å². The first-order chi connectivity index (χ1) is 57.1. The molecule has 624 valence electrons. The summed E-state index contributed by atoms with van der Waals surface area (Å²) in [6.07, 6.45) is 37.1. The topological polar surface area (TPSA) is 52.6 Å². The number of halogens is 1. The standard InChI is InChI=1S/C100H121FO4S12/c1-13-23-29-31-33-35-49-104-99(102)82-59-74-89(116-95(94(74)115-82)80-57-72-85(76-46-42-67(109-76)53-63(20-8)38-26-16-4)90-70(51-60(11)106-90)84(91(72)113-80)75-45-41-66(108-75)52-62(19-7)37-25-15-3)79-56-71-86(77-47-43-68(110-77)54-64(21-9)39-27-17-5)93-73(87(92(71)112-79)78-48-44-69(111-78)55-65(22-10)40-28-18-6)58-81(114-93)96-97-83(61(12)107-96)88(101)98(117-97)100(103)105-50-36-34-32-30-24-14-2/h41-48,51,56-59,62-65H,13-40,49-50,52-55H2,1-12H3. The largest absolute Gasteiger partial charge is 0.462 e. The number of fused-ring (bicyclic) bond motifs is 6. The van der Waals surface area contributed by atoms with E-state index in [-0.39, 0.29) is 10.8 Å². The van der Waals surface area contributed by atoms with Crippen molar-refractivity contribution in [3.8, 4) is 71.0 Å². The smallest absolute Gasteiger partial charge is 0.351 e. The van der Waals surface area contributed by atoms with E-state index in [0.29, 0.717) is 47.1 Å². The first kappa shape index (κ1) is 88.6. The van der Waals surface area contributed by atoms with Crippen LogP contribution in [-0.4, -0.2) is 25.2 Å². The van der Waals surface area contributed by atoms with Crippen molar-refractivity contribution in [2.24, 2.45) is 23.7 Å². The molecule has 4 unspecified atom stereocenters. The summed E-state index contributed by atoms with van der Waals surface area (Å²) in [6, 6.07) is 31.8. The number of carbonyl (C=O) groups excluding carboxylic acids is 2. The van der Waals surface area contributed by atoms with Gasteiger partial charge in [0.2, 0.25) is 0 Å². The average molecular weight is 1790 g/mol. The van der Waals surface area contributed by atoms with Crippen LogP contribution in [0.1, 0.15) is 298 Å². The maximum absolute atomic E-state index is 17.1. The number of hydrogen-bond donors (Lipinski definition) is 0. The van der Waals surface area contributed by atoms with E-state index < -0.39 is 11.8 Å². The fourth-order valence-corrected chi connectivity index (χ4v) is 32.6. The summed E-state index contributed by atoms with van der Waals surface area (Å²) < 4.78 is 36.5. The lowest BCUT2D eigenvalue weighted by Crippen LogP contribution is -2.06. The minimum absolute atomic E-state index is 0.0747. The molecule has 0 aliphatic heterocycles. The summed E-state index contributed by atoms with van der Waals surface area (Å²) >= 11 is 22.1. The van der Waals surface area contributed by atoms with Crippen molar-refractivity contribution in [2.75, 3.05) is 13.2 Å². The van der Waals surface area contributed by atoms with Gasteiger partial charge in [-0.1, -0.05) is 236 Å². The molecule has 12 aromatic heterocycles. The molecular weight excluding hydrogens is 1670 g/mol. The molecule has 12 heterocycles. The second-order valence-electron chi connectivity index (χ2n) is 33.1. The monoisotopic (exact) mass is 1790 g/mol. The van der Waals surface area contributed by atoms with Crippen LogP contribution in [0.25, 0.3) is 132 Å². The zero-order valence-corrected chi connectivity index (χ0v) is 81.1. The summed E-state index contributed by atoms with van der Waals surface area (Å²) in [5.74, 6) is 1.32. The van der Waals surface area contributed by atoms with Crippen LogP contribution in [0.4, 0.5) is 4.39 Å². The fraction of sp³-hybridized carbons (Fsp3) is 0.500. The molecule has 4 nitrogen and oxygen atoms in total. The Hall–Kier alpha value is -4.73. The molecule has 0 N–H and O–H groups in total. The molecule has 0 radical (unpaired) electrons. The minimum atomic E-state index is -0.558. The maximum Gasteiger partial charge on any atom is 0.351 e. The zero-order chi connectivity index (χ0) is 81.8. The van der Waals surface area contributed by atoms with Gasteiger partial charge in [-0.3, -0.25) is 0 Å². The summed E-state index contributed by atoms with van der Waals surface area (Å²) in [5.41, 5.74) is 5.25. The molecule has 0 saturated heterocycles. The summed E-state index contributed by atoms with van der Waals surface area (Å²) in [4.78, 5) is 49.9. The van der Waals surface area contributed by atoms with E-state index >= 15 is 4.39 Å². The Bertz CT molecular complexity index is 5400. The Balaban J connectivity index is 0.986. The molecule has 0 spiro atoms. The highest BCUT2D eigenvalue weighted by atomic mass is 32.1. The minimum Gasteiger partial charge on any atom is -0.462 e. The molecular formula is C100H121FO4S12. The highest BCUT2D eigenvalue weighted by Gasteiger charge is 2.33. The maximum atomic E-state index is 17.1. The average Bonchev–Trinajstić information content (AvgIpc) is 1.56. The molecule has 4 atom stereocenters. The Morgan fingerprint density at radius 3 is 1.09 bits per heavy atom. The normalized spacial score (nSPS) is 13.2. The van der Waals surface area contributed by atoms with Crippen LogP contribution in [0.15, 0.2) is 78.9 Å². The van der Waals surface area contributed by atoms with Crippen molar-refractivity contribution in [2.45, 2.75) is 289 Å². The second-order valence-corrected chi connectivity index (χ2v) is 46.5. The third-order valence-corrected chi connectivity index (χ3v) is 38.8. The Labute approximate surface area is 744 Å². The first-order valence-electron chi connectivity index (χ1n) is 44.6. The van der Waals surface area contributed by atoms with Gasteiger partial charge >= 0.3 is 11.9 Å². The van der Waals surface area contributed by atoms with Crippen LogP contribution in [-0.2, 0) is 35.2 Å². The van der Waals surface area contributed by atoms with E-state index in [1.54, 1.807) is 22.7 Å². The number of benzene rings is 2. The van der Waals surface area contributed by atoms with Crippen molar-refractivity contribution in [1.29, 1.82) is 0 Å². The lowest BCUT2D eigenvalue weighted by molar-refractivity contribution is 0.0491. The molecule has 14 rings (SSSR count). The van der Waals surface area contributed by atoms with Crippen molar-refractivity contribution < 1.29 is 23.5 Å². The van der Waals surface area contributed by atoms with Crippen LogP contribution < -0.4 is 0 Å². The van der Waals surface area contributed by atoms with Crippen LogP contribution in [0, 0.1) is 43.3 Å². The van der Waals surface area contributed by atoms with Gasteiger partial charge in [-0.25, -0.2) is 14.0 Å². The van der Waals surface area contributed by atoms with Crippen molar-refractivity contribution in [3.63, 3.8) is 0 Å². The van der Waals surface area contributed by atoms with Crippen LogP contribution in [0.5, 0.6) is 0 Å². The SMILES string of the molecule is CCCCCCCCOC(=O)c1cc2c(-c3cc4c(-c5ccc(CC(CC)CCCC)s5)c5sc(-c6sc(C)c7c(F)c(C(=O)OCCCCCCCC)sc67)cc5c(-c5ccc(CC(CC)CCCC)s5)c4s3)sc(-c3cc4c(-c5ccc(CC(CC)CCCC)s5)c5sc(C)cc5c(-c5ccc(CC(CC)CCCC)s5)c4s3)c2s1. The summed E-state index contributed by atoms with van der Waals surface area (Å²) in [5, 5.41) is 6.80. The van der Waals surface area contributed by atoms with E-state index in [0.717, 1.165) is 106 Å². The molecule has 0 saturated carbocycles. The number of esters is 2. The van der Waals surface area contributed by atoms with Gasteiger partial charge in [0.15, 0.2) is 5.82 Å².